The van der Waals surface area contributed by atoms with Crippen molar-refractivity contribution in [2.75, 3.05) is 6.61 Å². The summed E-state index contributed by atoms with van der Waals surface area (Å²) in [4.78, 5) is 10.7. The third-order valence-electron chi connectivity index (χ3n) is 2.27. The van der Waals surface area contributed by atoms with Crippen LogP contribution in [0.15, 0.2) is 12.4 Å². The Balaban J connectivity index is 2.30. The van der Waals surface area contributed by atoms with E-state index in [0.29, 0.717) is 12.5 Å². The minimum Gasteiger partial charge on any atom is -0.475 e. The zero-order valence-corrected chi connectivity index (χ0v) is 11.2. The molecule has 0 unspecified atom stereocenters. The van der Waals surface area contributed by atoms with Crippen molar-refractivity contribution in [1.82, 2.24) is 9.97 Å². The average molecular weight is 251 g/mol. The molecule has 0 saturated carbocycles. The third-order valence-corrected chi connectivity index (χ3v) is 3.46. The number of nitrogens with zero attached hydrogens (tertiary/aromatic N) is 2. The number of hydrogen-bond donors (Lipinski definition) is 1. The lowest BCUT2D eigenvalue weighted by atomic mass is 10.1. The summed E-state index contributed by atoms with van der Waals surface area (Å²) in [6.07, 6.45) is 2.54. The van der Waals surface area contributed by atoms with Gasteiger partial charge in [-0.15, -0.1) is 11.3 Å². The Kier molecular flexibility index (Phi) is 3.31. The molecule has 0 aromatic carbocycles. The zero-order chi connectivity index (χ0) is 12.5. The van der Waals surface area contributed by atoms with Crippen LogP contribution >= 0.6 is 11.3 Å². The van der Waals surface area contributed by atoms with E-state index >= 15 is 0 Å². The first-order valence-electron chi connectivity index (χ1n) is 5.64. The first kappa shape index (κ1) is 12.3. The van der Waals surface area contributed by atoms with Crippen LogP contribution in [0.1, 0.15) is 25.6 Å². The molecule has 2 heterocycles. The molecule has 2 aromatic rings. The van der Waals surface area contributed by atoms with Crippen molar-refractivity contribution in [3.8, 4) is 5.88 Å². The van der Waals surface area contributed by atoms with E-state index < -0.39 is 0 Å². The van der Waals surface area contributed by atoms with Crippen molar-refractivity contribution in [2.24, 2.45) is 5.73 Å². The molecule has 2 N–H and O–H groups in total. The molecule has 17 heavy (non-hydrogen) atoms. The Bertz CT molecular complexity index is 516. The van der Waals surface area contributed by atoms with Gasteiger partial charge >= 0.3 is 0 Å². The summed E-state index contributed by atoms with van der Waals surface area (Å²) >= 11 is 1.68. The van der Waals surface area contributed by atoms with Gasteiger partial charge in [-0.05, 0) is 26.3 Å². The van der Waals surface area contributed by atoms with Crippen LogP contribution in [0.4, 0.5) is 0 Å². The van der Waals surface area contributed by atoms with Crippen molar-refractivity contribution in [1.29, 1.82) is 0 Å². The van der Waals surface area contributed by atoms with Crippen molar-refractivity contribution in [2.45, 2.75) is 32.7 Å². The maximum Gasteiger partial charge on any atom is 0.225 e. The van der Waals surface area contributed by atoms with Gasteiger partial charge in [-0.3, -0.25) is 0 Å². The summed E-state index contributed by atoms with van der Waals surface area (Å²) in [6, 6.07) is 2.10. The largest absolute Gasteiger partial charge is 0.475 e. The first-order valence-corrected chi connectivity index (χ1v) is 6.46. The summed E-state index contributed by atoms with van der Waals surface area (Å²) in [5, 5.41) is 0.985. The lowest BCUT2D eigenvalue weighted by molar-refractivity contribution is 0.238. The molecule has 2 aromatic heterocycles. The fourth-order valence-electron chi connectivity index (χ4n) is 1.43. The molecule has 4 nitrogen and oxygen atoms in total. The van der Waals surface area contributed by atoms with Crippen molar-refractivity contribution < 1.29 is 4.74 Å². The van der Waals surface area contributed by atoms with Crippen LogP contribution in [0.2, 0.25) is 0 Å². The second kappa shape index (κ2) is 4.58. The van der Waals surface area contributed by atoms with E-state index in [1.54, 1.807) is 11.3 Å². The van der Waals surface area contributed by atoms with Crippen LogP contribution < -0.4 is 10.5 Å². The van der Waals surface area contributed by atoms with Crippen LogP contribution in [0.25, 0.3) is 10.2 Å². The van der Waals surface area contributed by atoms with Gasteiger partial charge < -0.3 is 10.5 Å². The lowest BCUT2D eigenvalue weighted by Gasteiger charge is -2.18. The van der Waals surface area contributed by atoms with Gasteiger partial charge in [0.05, 0.1) is 5.39 Å². The molecule has 92 valence electrons. The van der Waals surface area contributed by atoms with Crippen LogP contribution in [-0.4, -0.2) is 22.1 Å². The second-order valence-electron chi connectivity index (χ2n) is 4.74. The molecule has 0 aliphatic rings. The smallest absolute Gasteiger partial charge is 0.225 e. The quantitative estimate of drug-likeness (QED) is 0.906. The highest BCUT2D eigenvalue weighted by atomic mass is 32.1. The Morgan fingerprint density at radius 1 is 1.41 bits per heavy atom. The summed E-state index contributed by atoms with van der Waals surface area (Å²) in [7, 11) is 0. The van der Waals surface area contributed by atoms with Gasteiger partial charge in [-0.1, -0.05) is 6.92 Å². The molecule has 0 saturated heterocycles. The molecule has 0 fully saturated rings. The SMILES string of the molecule is CCc1cc2c(OCC(C)(C)N)ncnc2s1. The highest BCUT2D eigenvalue weighted by molar-refractivity contribution is 7.18. The maximum atomic E-state index is 5.89. The zero-order valence-electron chi connectivity index (χ0n) is 10.4. The van der Waals surface area contributed by atoms with E-state index in [1.165, 1.54) is 11.2 Å². The van der Waals surface area contributed by atoms with Gasteiger partial charge in [-0.25, -0.2) is 9.97 Å². The number of nitrogens with two attached hydrogens (primary N) is 1. The van der Waals surface area contributed by atoms with Gasteiger partial charge in [0.25, 0.3) is 0 Å². The van der Waals surface area contributed by atoms with Gasteiger partial charge in [-0.2, -0.15) is 0 Å². The number of ether oxygens (including phenoxy) is 1. The monoisotopic (exact) mass is 251 g/mol. The summed E-state index contributed by atoms with van der Waals surface area (Å²) in [5.74, 6) is 0.629. The number of aryl methyl sites for hydroxylation is 1. The third kappa shape index (κ3) is 2.92. The van der Waals surface area contributed by atoms with Gasteiger partial charge in [0.1, 0.15) is 17.8 Å². The van der Waals surface area contributed by atoms with E-state index in [4.69, 9.17) is 10.5 Å². The molecule has 0 atom stereocenters. The normalized spacial score (nSPS) is 12.0. The van der Waals surface area contributed by atoms with Crippen molar-refractivity contribution in [3.05, 3.63) is 17.3 Å². The molecule has 0 amide bonds. The lowest BCUT2D eigenvalue weighted by Crippen LogP contribution is -2.38. The highest BCUT2D eigenvalue weighted by Crippen LogP contribution is 2.29. The van der Waals surface area contributed by atoms with E-state index in [9.17, 15) is 0 Å². The fourth-order valence-corrected chi connectivity index (χ4v) is 2.35. The van der Waals surface area contributed by atoms with E-state index in [0.717, 1.165) is 16.6 Å². The molecule has 0 bridgehead atoms. The Labute approximate surface area is 105 Å². The van der Waals surface area contributed by atoms with Crippen LogP contribution in [0, 0.1) is 0 Å². The van der Waals surface area contributed by atoms with E-state index in [-0.39, 0.29) is 5.54 Å². The summed E-state index contributed by atoms with van der Waals surface area (Å²) in [5.41, 5.74) is 5.53. The minimum absolute atomic E-state index is 0.360. The molecule has 0 radical (unpaired) electrons. The number of fused-ring (bicyclic) bond motifs is 1. The van der Waals surface area contributed by atoms with E-state index in [2.05, 4.69) is 23.0 Å². The molecule has 0 aliphatic heterocycles. The molecular weight excluding hydrogens is 234 g/mol. The molecule has 5 heteroatoms. The van der Waals surface area contributed by atoms with E-state index in [1.807, 2.05) is 13.8 Å². The molecule has 0 spiro atoms. The van der Waals surface area contributed by atoms with Crippen molar-refractivity contribution >= 4 is 21.6 Å². The number of thiophene rings is 1. The fraction of sp³-hybridized carbons (Fsp3) is 0.500. The van der Waals surface area contributed by atoms with Crippen molar-refractivity contribution in [3.63, 3.8) is 0 Å². The second-order valence-corrected chi connectivity index (χ2v) is 5.86. The van der Waals surface area contributed by atoms with Gasteiger partial charge in [0.15, 0.2) is 0 Å². The van der Waals surface area contributed by atoms with Gasteiger partial charge in [0.2, 0.25) is 5.88 Å². The number of aromatic nitrogens is 2. The molecular formula is C12H17N3OS. The Hall–Kier alpha value is -1.20. The first-order chi connectivity index (χ1) is 7.99. The Morgan fingerprint density at radius 3 is 2.82 bits per heavy atom. The average Bonchev–Trinajstić information content (AvgIpc) is 2.68. The van der Waals surface area contributed by atoms with Gasteiger partial charge in [0, 0.05) is 10.4 Å². The number of rotatable bonds is 4. The van der Waals surface area contributed by atoms with Crippen LogP contribution in [-0.2, 0) is 6.42 Å². The molecule has 2 rings (SSSR count). The summed E-state index contributed by atoms with van der Waals surface area (Å²) in [6.45, 7) is 6.42. The topological polar surface area (TPSA) is 61.0 Å². The predicted molar refractivity (Wildman–Crippen MR) is 70.6 cm³/mol. The Morgan fingerprint density at radius 2 is 2.18 bits per heavy atom. The van der Waals surface area contributed by atoms with Crippen LogP contribution in [0.3, 0.4) is 0 Å². The maximum absolute atomic E-state index is 5.89. The predicted octanol–water partition coefficient (Wildman–Crippen LogP) is 2.37. The minimum atomic E-state index is -0.360. The van der Waals surface area contributed by atoms with Crippen LogP contribution in [0.5, 0.6) is 5.88 Å². The molecule has 0 aliphatic carbocycles. The highest BCUT2D eigenvalue weighted by Gasteiger charge is 2.14. The number of hydrogen-bond acceptors (Lipinski definition) is 5. The standard InChI is InChI=1S/C12H17N3OS/c1-4-8-5-9-10(16-6-12(2,3)13)14-7-15-11(9)17-8/h5,7H,4,6,13H2,1-3H3. The summed E-state index contributed by atoms with van der Waals surface area (Å²) < 4.78 is 5.67.